The molecule has 92 valence electrons. The van der Waals surface area contributed by atoms with Gasteiger partial charge in [0.2, 0.25) is 0 Å². The largest absolute Gasteiger partial charge is 0.416 e. The van der Waals surface area contributed by atoms with Crippen molar-refractivity contribution in [3.05, 3.63) is 23.8 Å². The van der Waals surface area contributed by atoms with Gasteiger partial charge < -0.3 is 0 Å². The minimum atomic E-state index is -4.59. The van der Waals surface area contributed by atoms with Crippen LogP contribution in [0.2, 0.25) is 0 Å². The lowest BCUT2D eigenvalue weighted by atomic mass is 9.91. The molecule has 0 saturated carbocycles. The van der Waals surface area contributed by atoms with Gasteiger partial charge in [-0.3, -0.25) is 0 Å². The first-order valence-electron chi connectivity index (χ1n) is 4.64. The van der Waals surface area contributed by atoms with Crippen molar-refractivity contribution in [1.29, 1.82) is 0 Å². The van der Waals surface area contributed by atoms with Crippen molar-refractivity contribution in [1.82, 2.24) is 0 Å². The molecule has 1 aliphatic rings. The van der Waals surface area contributed by atoms with Crippen molar-refractivity contribution in [3.8, 4) is 0 Å². The molecule has 0 saturated heterocycles. The van der Waals surface area contributed by atoms with Crippen LogP contribution < -0.4 is 0 Å². The van der Waals surface area contributed by atoms with E-state index in [1.807, 2.05) is 0 Å². The van der Waals surface area contributed by atoms with Crippen molar-refractivity contribution < 1.29 is 26.3 Å². The lowest BCUT2D eigenvalue weighted by molar-refractivity contribution is -0.182. The van der Waals surface area contributed by atoms with Crippen LogP contribution in [0.1, 0.15) is 13.3 Å². The number of allylic oxidation sites excluding steroid dienone is 4. The maximum Gasteiger partial charge on any atom is 0.416 e. The summed E-state index contributed by atoms with van der Waals surface area (Å²) in [6, 6.07) is 0. The highest BCUT2D eigenvalue weighted by molar-refractivity contribution is 5.26. The van der Waals surface area contributed by atoms with E-state index in [1.165, 1.54) is 6.92 Å². The van der Waals surface area contributed by atoms with Gasteiger partial charge in [0.05, 0.1) is 11.5 Å². The van der Waals surface area contributed by atoms with Gasteiger partial charge in [0.15, 0.2) is 0 Å². The van der Waals surface area contributed by atoms with Crippen LogP contribution in [-0.2, 0) is 0 Å². The highest BCUT2D eigenvalue weighted by atomic mass is 19.4. The van der Waals surface area contributed by atoms with Gasteiger partial charge in [-0.2, -0.15) is 26.3 Å². The van der Waals surface area contributed by atoms with Crippen molar-refractivity contribution in [3.63, 3.8) is 0 Å². The summed E-state index contributed by atoms with van der Waals surface area (Å²) >= 11 is 0. The minimum absolute atomic E-state index is 0.609. The summed E-state index contributed by atoms with van der Waals surface area (Å²) in [5.74, 6) is -2.69. The van der Waals surface area contributed by atoms with Crippen LogP contribution in [0.25, 0.3) is 0 Å². The summed E-state index contributed by atoms with van der Waals surface area (Å²) in [7, 11) is 0. The smallest absolute Gasteiger partial charge is 0.171 e. The molecule has 2 atom stereocenters. The van der Waals surface area contributed by atoms with Crippen molar-refractivity contribution in [2.24, 2.45) is 11.8 Å². The predicted molar refractivity (Wildman–Crippen MR) is 46.6 cm³/mol. The molecule has 6 heteroatoms. The summed E-state index contributed by atoms with van der Waals surface area (Å²) in [6.07, 6.45) is -7.40. The Morgan fingerprint density at radius 2 is 1.69 bits per heavy atom. The lowest BCUT2D eigenvalue weighted by Gasteiger charge is -2.22. The van der Waals surface area contributed by atoms with E-state index in [-0.39, 0.29) is 0 Å². The SMILES string of the molecule is CC1C=CC(C(F)(F)F)=CCC1C(F)(F)F. The van der Waals surface area contributed by atoms with Gasteiger partial charge >= 0.3 is 12.4 Å². The molecule has 0 aliphatic heterocycles. The molecule has 0 spiro atoms. The number of alkyl halides is 6. The van der Waals surface area contributed by atoms with Crippen LogP contribution in [-0.4, -0.2) is 12.4 Å². The third-order valence-electron chi connectivity index (χ3n) is 2.55. The summed E-state index contributed by atoms with van der Waals surface area (Å²) in [5, 5.41) is 0. The highest BCUT2D eigenvalue weighted by Crippen LogP contribution is 2.39. The number of rotatable bonds is 0. The molecule has 0 bridgehead atoms. The zero-order valence-corrected chi connectivity index (χ0v) is 8.36. The van der Waals surface area contributed by atoms with Crippen molar-refractivity contribution in [2.75, 3.05) is 0 Å². The predicted octanol–water partition coefficient (Wildman–Crippen LogP) is 4.25. The maximum atomic E-state index is 12.5. The van der Waals surface area contributed by atoms with Crippen molar-refractivity contribution in [2.45, 2.75) is 25.7 Å². The van der Waals surface area contributed by atoms with Gasteiger partial charge in [-0.25, -0.2) is 0 Å². The van der Waals surface area contributed by atoms with Gasteiger partial charge in [0.25, 0.3) is 0 Å². The molecule has 2 unspecified atom stereocenters. The van der Waals surface area contributed by atoms with Gasteiger partial charge in [-0.1, -0.05) is 25.2 Å². The molecule has 0 fully saturated rings. The monoisotopic (exact) mass is 244 g/mol. The average molecular weight is 244 g/mol. The molecule has 16 heavy (non-hydrogen) atoms. The van der Waals surface area contributed by atoms with Gasteiger partial charge in [0, 0.05) is 0 Å². The van der Waals surface area contributed by atoms with Gasteiger partial charge in [-0.05, 0) is 12.3 Å². The van der Waals surface area contributed by atoms with Crippen LogP contribution in [0, 0.1) is 11.8 Å². The Morgan fingerprint density at radius 1 is 1.12 bits per heavy atom. The summed E-state index contributed by atoms with van der Waals surface area (Å²) in [4.78, 5) is 0. The second kappa shape index (κ2) is 4.14. The molecule has 0 N–H and O–H groups in total. The molecular weight excluding hydrogens is 234 g/mol. The second-order valence-electron chi connectivity index (χ2n) is 3.76. The van der Waals surface area contributed by atoms with Crippen LogP contribution in [0.3, 0.4) is 0 Å². The van der Waals surface area contributed by atoms with E-state index >= 15 is 0 Å². The number of hydrogen-bond acceptors (Lipinski definition) is 0. The molecule has 1 rings (SSSR count). The first-order valence-corrected chi connectivity index (χ1v) is 4.64. The fourth-order valence-electron chi connectivity index (χ4n) is 1.57. The van der Waals surface area contributed by atoms with Gasteiger partial charge in [-0.15, -0.1) is 0 Å². The zero-order chi connectivity index (χ0) is 12.6. The van der Waals surface area contributed by atoms with E-state index in [0.29, 0.717) is 6.08 Å². The molecule has 0 heterocycles. The Morgan fingerprint density at radius 3 is 2.12 bits per heavy atom. The van der Waals surface area contributed by atoms with E-state index in [1.54, 1.807) is 0 Å². The zero-order valence-electron chi connectivity index (χ0n) is 8.36. The molecular formula is C10H10F6. The van der Waals surface area contributed by atoms with E-state index in [9.17, 15) is 26.3 Å². The Kier molecular flexibility index (Phi) is 3.40. The normalized spacial score (nSPS) is 27.6. The quantitative estimate of drug-likeness (QED) is 0.559. The Balaban J connectivity index is 2.95. The maximum absolute atomic E-state index is 12.5. The standard InChI is InChI=1S/C10H10F6/c1-6-2-3-7(9(11,12)13)4-5-8(6)10(14,15)16/h2-4,6,8H,5H2,1H3. The summed E-state index contributed by atoms with van der Waals surface area (Å²) in [5.41, 5.74) is -1.01. The van der Waals surface area contributed by atoms with Crippen LogP contribution in [0.15, 0.2) is 23.8 Å². The molecule has 0 aromatic rings. The van der Waals surface area contributed by atoms with E-state index in [2.05, 4.69) is 0 Å². The fourth-order valence-corrected chi connectivity index (χ4v) is 1.57. The van der Waals surface area contributed by atoms with Crippen LogP contribution >= 0.6 is 0 Å². The first-order chi connectivity index (χ1) is 7.12. The molecule has 0 radical (unpaired) electrons. The molecule has 0 aromatic heterocycles. The molecule has 0 amide bonds. The Hall–Kier alpha value is -0.940. The van der Waals surface area contributed by atoms with Crippen molar-refractivity contribution >= 4 is 0 Å². The van der Waals surface area contributed by atoms with E-state index in [4.69, 9.17) is 0 Å². The van der Waals surface area contributed by atoms with Crippen LogP contribution in [0.5, 0.6) is 0 Å². The third kappa shape index (κ3) is 3.02. The minimum Gasteiger partial charge on any atom is -0.171 e. The van der Waals surface area contributed by atoms with Crippen LogP contribution in [0.4, 0.5) is 26.3 Å². The second-order valence-corrected chi connectivity index (χ2v) is 3.76. The molecule has 0 aromatic carbocycles. The number of hydrogen-bond donors (Lipinski definition) is 0. The average Bonchev–Trinajstić information content (AvgIpc) is 2.23. The molecule has 0 nitrogen and oxygen atoms in total. The molecule has 1 aliphatic carbocycles. The third-order valence-corrected chi connectivity index (χ3v) is 2.55. The Labute approximate surface area is 88.6 Å². The van der Waals surface area contributed by atoms with E-state index in [0.717, 1.165) is 12.2 Å². The van der Waals surface area contributed by atoms with Gasteiger partial charge in [0.1, 0.15) is 0 Å². The summed E-state index contributed by atoms with van der Waals surface area (Å²) < 4.78 is 74.2. The number of halogens is 6. The lowest BCUT2D eigenvalue weighted by Crippen LogP contribution is -2.27. The topological polar surface area (TPSA) is 0 Å². The summed E-state index contributed by atoms with van der Waals surface area (Å²) in [6.45, 7) is 1.27. The van der Waals surface area contributed by atoms with E-state index < -0.39 is 36.2 Å². The first kappa shape index (κ1) is 13.1. The Bertz CT molecular complexity index is 306. The fraction of sp³-hybridized carbons (Fsp3) is 0.600. The highest BCUT2D eigenvalue weighted by Gasteiger charge is 2.43.